The van der Waals surface area contributed by atoms with Gasteiger partial charge >= 0.3 is 0 Å². The van der Waals surface area contributed by atoms with E-state index >= 15 is 0 Å². The summed E-state index contributed by atoms with van der Waals surface area (Å²) in [6.45, 7) is 2.80. The highest BCUT2D eigenvalue weighted by Crippen LogP contribution is 2.28. The van der Waals surface area contributed by atoms with Crippen LogP contribution in [0.25, 0.3) is 11.3 Å². The van der Waals surface area contributed by atoms with Crippen LogP contribution in [-0.2, 0) is 0 Å². The Bertz CT molecular complexity index is 976. The van der Waals surface area contributed by atoms with Crippen LogP contribution < -0.4 is 14.4 Å². The zero-order valence-corrected chi connectivity index (χ0v) is 16.6. The molecule has 1 fully saturated rings. The number of aromatic amines is 1. The van der Waals surface area contributed by atoms with Crippen molar-refractivity contribution in [3.8, 4) is 22.8 Å². The minimum Gasteiger partial charge on any atom is -0.497 e. The Morgan fingerprint density at radius 3 is 2.38 bits per heavy atom. The molecule has 1 N–H and O–H groups in total. The van der Waals surface area contributed by atoms with Crippen molar-refractivity contribution < 1.29 is 14.3 Å². The molecule has 29 heavy (non-hydrogen) atoms. The Hall–Kier alpha value is -3.48. The van der Waals surface area contributed by atoms with E-state index in [0.29, 0.717) is 18.8 Å². The summed E-state index contributed by atoms with van der Waals surface area (Å²) in [6.07, 6.45) is 0. The van der Waals surface area contributed by atoms with Crippen molar-refractivity contribution in [3.63, 3.8) is 0 Å². The summed E-state index contributed by atoms with van der Waals surface area (Å²) in [5, 5.41) is 7.19. The lowest BCUT2D eigenvalue weighted by molar-refractivity contribution is 0.0740. The maximum atomic E-state index is 12.9. The molecule has 1 amide bonds. The van der Waals surface area contributed by atoms with Crippen LogP contribution in [0.3, 0.4) is 0 Å². The molecule has 3 aromatic rings. The number of aromatic nitrogens is 2. The number of para-hydroxylation sites is 2. The van der Waals surface area contributed by atoms with Gasteiger partial charge in [0.25, 0.3) is 5.91 Å². The van der Waals surface area contributed by atoms with Crippen molar-refractivity contribution in [1.82, 2.24) is 15.1 Å². The van der Waals surface area contributed by atoms with Crippen LogP contribution in [0.2, 0.25) is 0 Å². The number of H-pyrrole nitrogens is 1. The van der Waals surface area contributed by atoms with Crippen molar-refractivity contribution in [1.29, 1.82) is 0 Å². The third-order valence-corrected chi connectivity index (χ3v) is 5.19. The highest BCUT2D eigenvalue weighted by atomic mass is 16.5. The number of carbonyl (C=O) groups excluding carboxylic acids is 1. The SMILES string of the molecule is COc1ccc(-c2cc(C(=O)N3CCN(c4ccccc4OC)CC3)[nH]n2)cc1. The summed E-state index contributed by atoms with van der Waals surface area (Å²) >= 11 is 0. The van der Waals surface area contributed by atoms with Crippen molar-refractivity contribution in [3.05, 3.63) is 60.3 Å². The first-order valence-corrected chi connectivity index (χ1v) is 9.56. The maximum absolute atomic E-state index is 12.9. The minimum absolute atomic E-state index is 0.0306. The van der Waals surface area contributed by atoms with E-state index in [2.05, 4.69) is 15.1 Å². The van der Waals surface area contributed by atoms with Crippen molar-refractivity contribution in [2.24, 2.45) is 0 Å². The third-order valence-electron chi connectivity index (χ3n) is 5.19. The van der Waals surface area contributed by atoms with Gasteiger partial charge in [0.15, 0.2) is 0 Å². The molecule has 0 saturated carbocycles. The van der Waals surface area contributed by atoms with Gasteiger partial charge in [0.05, 0.1) is 25.6 Å². The molecule has 150 valence electrons. The molecular weight excluding hydrogens is 368 g/mol. The zero-order chi connectivity index (χ0) is 20.2. The van der Waals surface area contributed by atoms with E-state index in [1.807, 2.05) is 53.4 Å². The lowest BCUT2D eigenvalue weighted by Gasteiger charge is -2.36. The Morgan fingerprint density at radius 2 is 1.69 bits per heavy atom. The number of amides is 1. The molecule has 0 radical (unpaired) electrons. The van der Waals surface area contributed by atoms with Crippen molar-refractivity contribution >= 4 is 11.6 Å². The van der Waals surface area contributed by atoms with E-state index < -0.39 is 0 Å². The average molecular weight is 392 g/mol. The van der Waals surface area contributed by atoms with Gasteiger partial charge in [-0.3, -0.25) is 9.89 Å². The van der Waals surface area contributed by atoms with E-state index in [9.17, 15) is 4.79 Å². The third kappa shape index (κ3) is 3.89. The second-order valence-corrected chi connectivity index (χ2v) is 6.85. The van der Waals surface area contributed by atoms with Crippen LogP contribution in [0.5, 0.6) is 11.5 Å². The first-order valence-electron chi connectivity index (χ1n) is 9.56. The number of anilines is 1. The highest BCUT2D eigenvalue weighted by Gasteiger charge is 2.25. The van der Waals surface area contributed by atoms with Crippen LogP contribution in [0.1, 0.15) is 10.5 Å². The monoisotopic (exact) mass is 392 g/mol. The smallest absolute Gasteiger partial charge is 0.272 e. The van der Waals surface area contributed by atoms with Gasteiger partial charge in [-0.2, -0.15) is 5.10 Å². The van der Waals surface area contributed by atoms with Gasteiger partial charge in [-0.25, -0.2) is 0 Å². The fourth-order valence-corrected chi connectivity index (χ4v) is 3.55. The number of methoxy groups -OCH3 is 2. The molecule has 2 heterocycles. The predicted molar refractivity (Wildman–Crippen MR) is 112 cm³/mol. The summed E-state index contributed by atoms with van der Waals surface area (Å²) in [4.78, 5) is 17.0. The Labute approximate surface area is 169 Å². The van der Waals surface area contributed by atoms with E-state index in [-0.39, 0.29) is 5.91 Å². The molecule has 0 bridgehead atoms. The lowest BCUT2D eigenvalue weighted by Crippen LogP contribution is -2.49. The lowest BCUT2D eigenvalue weighted by atomic mass is 10.1. The van der Waals surface area contributed by atoms with Gasteiger partial charge in [-0.15, -0.1) is 0 Å². The first-order chi connectivity index (χ1) is 14.2. The number of hydrogen-bond acceptors (Lipinski definition) is 5. The molecule has 7 nitrogen and oxygen atoms in total. The Morgan fingerprint density at radius 1 is 0.966 bits per heavy atom. The van der Waals surface area contributed by atoms with Crippen molar-refractivity contribution in [2.75, 3.05) is 45.3 Å². The van der Waals surface area contributed by atoms with E-state index in [1.54, 1.807) is 20.3 Å². The number of nitrogens with one attached hydrogen (secondary N) is 1. The van der Waals surface area contributed by atoms with Gasteiger partial charge in [0.1, 0.15) is 17.2 Å². The normalized spacial score (nSPS) is 14.0. The van der Waals surface area contributed by atoms with Gasteiger partial charge in [-0.1, -0.05) is 12.1 Å². The second kappa shape index (κ2) is 8.26. The molecular formula is C22H24N4O3. The average Bonchev–Trinajstić information content (AvgIpc) is 3.29. The van der Waals surface area contributed by atoms with E-state index in [1.165, 1.54) is 0 Å². The molecule has 1 aliphatic rings. The zero-order valence-electron chi connectivity index (χ0n) is 16.6. The number of rotatable bonds is 5. The fourth-order valence-electron chi connectivity index (χ4n) is 3.55. The minimum atomic E-state index is -0.0306. The summed E-state index contributed by atoms with van der Waals surface area (Å²) in [7, 11) is 3.31. The van der Waals surface area contributed by atoms with E-state index in [4.69, 9.17) is 9.47 Å². The summed E-state index contributed by atoms with van der Waals surface area (Å²) in [5.41, 5.74) is 3.23. The molecule has 1 aliphatic heterocycles. The van der Waals surface area contributed by atoms with Crippen LogP contribution in [0.15, 0.2) is 54.6 Å². The number of ether oxygens (including phenoxy) is 2. The number of benzene rings is 2. The van der Waals surface area contributed by atoms with Gasteiger partial charge < -0.3 is 19.3 Å². The van der Waals surface area contributed by atoms with E-state index in [0.717, 1.165) is 41.5 Å². The highest BCUT2D eigenvalue weighted by molar-refractivity contribution is 5.93. The van der Waals surface area contributed by atoms with Crippen LogP contribution in [0, 0.1) is 0 Å². The molecule has 0 unspecified atom stereocenters. The standard InChI is InChI=1S/C22H24N4O3/c1-28-17-9-7-16(8-10-17)18-15-19(24-23-18)22(27)26-13-11-25(12-14-26)20-5-3-4-6-21(20)29-2/h3-10,15H,11-14H2,1-2H3,(H,23,24). The molecule has 0 atom stereocenters. The topological polar surface area (TPSA) is 70.7 Å². The summed E-state index contributed by atoms with van der Waals surface area (Å²) < 4.78 is 10.6. The number of piperazine rings is 1. The number of carbonyl (C=O) groups is 1. The van der Waals surface area contributed by atoms with Crippen LogP contribution >= 0.6 is 0 Å². The Kier molecular flexibility index (Phi) is 5.37. The molecule has 0 spiro atoms. The van der Waals surface area contributed by atoms with Crippen LogP contribution in [0.4, 0.5) is 5.69 Å². The summed E-state index contributed by atoms with van der Waals surface area (Å²) in [5.74, 6) is 1.61. The molecule has 4 rings (SSSR count). The van der Waals surface area contributed by atoms with Crippen LogP contribution in [-0.4, -0.2) is 61.4 Å². The van der Waals surface area contributed by atoms with Gasteiger partial charge in [-0.05, 0) is 42.5 Å². The molecule has 1 saturated heterocycles. The quantitative estimate of drug-likeness (QED) is 0.723. The molecule has 0 aliphatic carbocycles. The predicted octanol–water partition coefficient (Wildman–Crippen LogP) is 3.06. The fraction of sp³-hybridized carbons (Fsp3) is 0.273. The largest absolute Gasteiger partial charge is 0.497 e. The maximum Gasteiger partial charge on any atom is 0.272 e. The summed E-state index contributed by atoms with van der Waals surface area (Å²) in [6, 6.07) is 17.4. The van der Waals surface area contributed by atoms with Gasteiger partial charge in [0.2, 0.25) is 0 Å². The second-order valence-electron chi connectivity index (χ2n) is 6.85. The number of hydrogen-bond donors (Lipinski definition) is 1. The number of nitrogens with zero attached hydrogens (tertiary/aromatic N) is 3. The molecule has 7 heteroatoms. The van der Waals surface area contributed by atoms with Gasteiger partial charge in [0, 0.05) is 31.7 Å². The molecule has 2 aromatic carbocycles. The molecule has 1 aromatic heterocycles. The Balaban J connectivity index is 1.41. The van der Waals surface area contributed by atoms with Crippen molar-refractivity contribution in [2.45, 2.75) is 0 Å². The first kappa shape index (κ1) is 18.9.